The molecule has 0 radical (unpaired) electrons. The van der Waals surface area contributed by atoms with E-state index >= 15 is 0 Å². The Bertz CT molecular complexity index is 1280. The molecule has 1 aliphatic rings. The number of carbonyl (C=O) groups excluding carboxylic acids is 1. The summed E-state index contributed by atoms with van der Waals surface area (Å²) in [6.07, 6.45) is 0. The number of fused-ring (bicyclic) bond motifs is 1. The van der Waals surface area contributed by atoms with Gasteiger partial charge in [-0.1, -0.05) is 24.3 Å². The summed E-state index contributed by atoms with van der Waals surface area (Å²) < 4.78 is 52.5. The predicted octanol–water partition coefficient (Wildman–Crippen LogP) is 3.35. The van der Waals surface area contributed by atoms with Crippen LogP contribution >= 0.6 is 0 Å². The SMILES string of the molecule is COc1cccc(S(=O)(=O)N2CCOc3ccc(C(=O)NCc4ccccc4F)cc3C2)c1. The Morgan fingerprint density at radius 3 is 2.73 bits per heavy atom. The Morgan fingerprint density at radius 2 is 1.94 bits per heavy atom. The normalized spacial score (nSPS) is 14.0. The lowest BCUT2D eigenvalue weighted by Gasteiger charge is -2.20. The van der Waals surface area contributed by atoms with Gasteiger partial charge in [-0.15, -0.1) is 0 Å². The number of nitrogens with zero attached hydrogens (tertiary/aromatic N) is 1. The summed E-state index contributed by atoms with van der Waals surface area (Å²) in [6.45, 7) is 0.414. The number of amides is 1. The van der Waals surface area contributed by atoms with Gasteiger partial charge in [0.1, 0.15) is 23.9 Å². The number of sulfonamides is 1. The van der Waals surface area contributed by atoms with Crippen LogP contribution in [0.3, 0.4) is 0 Å². The molecule has 1 N–H and O–H groups in total. The van der Waals surface area contributed by atoms with Gasteiger partial charge in [-0.05, 0) is 36.4 Å². The van der Waals surface area contributed by atoms with Crippen molar-refractivity contribution < 1.29 is 27.1 Å². The van der Waals surface area contributed by atoms with Gasteiger partial charge in [0.15, 0.2) is 0 Å². The summed E-state index contributed by atoms with van der Waals surface area (Å²) in [6, 6.07) is 17.3. The van der Waals surface area contributed by atoms with Gasteiger partial charge in [0, 0.05) is 42.4 Å². The first-order valence-electron chi connectivity index (χ1n) is 10.3. The van der Waals surface area contributed by atoms with E-state index in [0.29, 0.717) is 28.2 Å². The molecule has 0 unspecified atom stereocenters. The van der Waals surface area contributed by atoms with Gasteiger partial charge in [0.2, 0.25) is 10.0 Å². The third-order valence-electron chi connectivity index (χ3n) is 5.34. The number of carbonyl (C=O) groups is 1. The smallest absolute Gasteiger partial charge is 0.251 e. The van der Waals surface area contributed by atoms with Gasteiger partial charge >= 0.3 is 0 Å². The first kappa shape index (κ1) is 22.8. The molecule has 33 heavy (non-hydrogen) atoms. The number of rotatable bonds is 6. The van der Waals surface area contributed by atoms with E-state index in [1.807, 2.05) is 0 Å². The molecule has 1 aliphatic heterocycles. The minimum Gasteiger partial charge on any atom is -0.497 e. The van der Waals surface area contributed by atoms with Crippen molar-refractivity contribution in [3.63, 3.8) is 0 Å². The summed E-state index contributed by atoms with van der Waals surface area (Å²) in [5.41, 5.74) is 1.27. The van der Waals surface area contributed by atoms with Gasteiger partial charge in [0.05, 0.1) is 12.0 Å². The van der Waals surface area contributed by atoms with E-state index in [4.69, 9.17) is 9.47 Å². The van der Waals surface area contributed by atoms with Crippen LogP contribution in [0.1, 0.15) is 21.5 Å². The van der Waals surface area contributed by atoms with Crippen molar-refractivity contribution >= 4 is 15.9 Å². The summed E-state index contributed by atoms with van der Waals surface area (Å²) in [4.78, 5) is 12.8. The fourth-order valence-electron chi connectivity index (χ4n) is 3.55. The topological polar surface area (TPSA) is 84.9 Å². The maximum absolute atomic E-state index is 13.8. The molecule has 0 aromatic heterocycles. The Hall–Kier alpha value is -3.43. The second-order valence-electron chi connectivity index (χ2n) is 7.46. The molecule has 0 bridgehead atoms. The van der Waals surface area contributed by atoms with Crippen LogP contribution in [0.4, 0.5) is 4.39 Å². The molecule has 0 fully saturated rings. The zero-order chi connectivity index (χ0) is 23.4. The fraction of sp³-hybridized carbons (Fsp3) is 0.208. The number of hydrogen-bond acceptors (Lipinski definition) is 5. The average Bonchev–Trinajstić information content (AvgIpc) is 3.06. The van der Waals surface area contributed by atoms with E-state index in [-0.39, 0.29) is 31.1 Å². The monoisotopic (exact) mass is 470 g/mol. The molecule has 4 rings (SSSR count). The summed E-state index contributed by atoms with van der Waals surface area (Å²) in [5, 5.41) is 2.69. The van der Waals surface area contributed by atoms with Crippen molar-refractivity contribution in [3.05, 3.63) is 89.2 Å². The third-order valence-corrected chi connectivity index (χ3v) is 7.19. The van der Waals surface area contributed by atoms with Crippen LogP contribution in [0.25, 0.3) is 0 Å². The molecule has 0 saturated heterocycles. The Morgan fingerprint density at radius 1 is 1.12 bits per heavy atom. The molecule has 3 aromatic rings. The van der Waals surface area contributed by atoms with Crippen LogP contribution in [0.2, 0.25) is 0 Å². The molecule has 1 amide bonds. The third kappa shape index (κ3) is 4.99. The van der Waals surface area contributed by atoms with Gasteiger partial charge in [0.25, 0.3) is 5.91 Å². The van der Waals surface area contributed by atoms with Crippen molar-refractivity contribution in [2.45, 2.75) is 18.0 Å². The minimum absolute atomic E-state index is 0.0371. The highest BCUT2D eigenvalue weighted by molar-refractivity contribution is 7.89. The molecule has 9 heteroatoms. The molecule has 3 aromatic carbocycles. The lowest BCUT2D eigenvalue weighted by Crippen LogP contribution is -2.32. The number of ether oxygens (including phenoxy) is 2. The highest BCUT2D eigenvalue weighted by Gasteiger charge is 2.28. The second-order valence-corrected chi connectivity index (χ2v) is 9.40. The van der Waals surface area contributed by atoms with Crippen molar-refractivity contribution in [1.29, 1.82) is 0 Å². The average molecular weight is 471 g/mol. The molecule has 1 heterocycles. The Labute approximate surface area is 191 Å². The predicted molar refractivity (Wildman–Crippen MR) is 120 cm³/mol. The summed E-state index contributed by atoms with van der Waals surface area (Å²) in [7, 11) is -2.34. The van der Waals surface area contributed by atoms with E-state index in [1.54, 1.807) is 48.5 Å². The van der Waals surface area contributed by atoms with E-state index in [0.717, 1.165) is 0 Å². The zero-order valence-corrected chi connectivity index (χ0v) is 18.8. The van der Waals surface area contributed by atoms with Crippen molar-refractivity contribution in [2.75, 3.05) is 20.3 Å². The molecule has 7 nitrogen and oxygen atoms in total. The Balaban J connectivity index is 1.54. The quantitative estimate of drug-likeness (QED) is 0.597. The van der Waals surface area contributed by atoms with Crippen molar-refractivity contribution in [2.24, 2.45) is 0 Å². The van der Waals surface area contributed by atoms with Gasteiger partial charge in [-0.3, -0.25) is 4.79 Å². The number of benzene rings is 3. The standard InChI is InChI=1S/C24H23FN2O5S/c1-31-20-6-4-7-21(14-20)33(29,30)27-11-12-32-23-10-9-17(13-19(23)16-27)24(28)26-15-18-5-2-3-8-22(18)25/h2-10,13-14H,11-12,15-16H2,1H3,(H,26,28). The molecule has 0 atom stereocenters. The maximum atomic E-state index is 13.8. The number of methoxy groups -OCH3 is 1. The minimum atomic E-state index is -3.81. The molecule has 0 aliphatic carbocycles. The van der Waals surface area contributed by atoms with Gasteiger partial charge < -0.3 is 14.8 Å². The molecule has 172 valence electrons. The zero-order valence-electron chi connectivity index (χ0n) is 18.0. The largest absolute Gasteiger partial charge is 0.497 e. The maximum Gasteiger partial charge on any atom is 0.251 e. The molecule has 0 spiro atoms. The summed E-state index contributed by atoms with van der Waals surface area (Å²) >= 11 is 0. The molecular weight excluding hydrogens is 447 g/mol. The number of halogens is 1. The van der Waals surface area contributed by atoms with E-state index < -0.39 is 21.7 Å². The lowest BCUT2D eigenvalue weighted by molar-refractivity contribution is 0.0950. The van der Waals surface area contributed by atoms with Crippen LogP contribution in [-0.4, -0.2) is 38.9 Å². The number of hydrogen-bond donors (Lipinski definition) is 1. The van der Waals surface area contributed by atoms with Gasteiger partial charge in [-0.25, -0.2) is 12.8 Å². The fourth-order valence-corrected chi connectivity index (χ4v) is 4.98. The molecular formula is C24H23FN2O5S. The van der Waals surface area contributed by atoms with Gasteiger partial charge in [-0.2, -0.15) is 4.31 Å². The second kappa shape index (κ2) is 9.60. The van der Waals surface area contributed by atoms with Crippen molar-refractivity contribution in [3.8, 4) is 11.5 Å². The van der Waals surface area contributed by atoms with Crippen LogP contribution < -0.4 is 14.8 Å². The van der Waals surface area contributed by atoms with Crippen LogP contribution in [0, 0.1) is 5.82 Å². The highest BCUT2D eigenvalue weighted by atomic mass is 32.2. The van der Waals surface area contributed by atoms with Crippen molar-refractivity contribution in [1.82, 2.24) is 9.62 Å². The van der Waals surface area contributed by atoms with Crippen LogP contribution in [-0.2, 0) is 23.1 Å². The van der Waals surface area contributed by atoms with E-state index in [1.165, 1.54) is 29.6 Å². The van der Waals surface area contributed by atoms with Crippen LogP contribution in [0.5, 0.6) is 11.5 Å². The van der Waals surface area contributed by atoms with E-state index in [9.17, 15) is 17.6 Å². The summed E-state index contributed by atoms with van der Waals surface area (Å²) in [5.74, 6) is 0.166. The Kier molecular flexibility index (Phi) is 6.62. The van der Waals surface area contributed by atoms with E-state index in [2.05, 4.69) is 5.32 Å². The molecule has 0 saturated carbocycles. The van der Waals surface area contributed by atoms with Crippen LogP contribution in [0.15, 0.2) is 71.6 Å². The lowest BCUT2D eigenvalue weighted by atomic mass is 10.1. The first-order valence-corrected chi connectivity index (χ1v) is 11.7. The number of nitrogens with one attached hydrogen (secondary N) is 1. The highest BCUT2D eigenvalue weighted by Crippen LogP contribution is 2.28. The first-order chi connectivity index (χ1) is 15.9.